The van der Waals surface area contributed by atoms with Gasteiger partial charge >= 0.3 is 0 Å². The van der Waals surface area contributed by atoms with E-state index in [1.54, 1.807) is 12.5 Å². The molecule has 0 N–H and O–H groups in total. The molecule has 0 saturated heterocycles. The number of aromatic nitrogens is 4. The van der Waals surface area contributed by atoms with Gasteiger partial charge in [0.15, 0.2) is 5.65 Å². The fourth-order valence-electron chi connectivity index (χ4n) is 1.89. The predicted octanol–water partition coefficient (Wildman–Crippen LogP) is 3.04. The highest BCUT2D eigenvalue weighted by atomic mass is 28.3. The molecule has 0 radical (unpaired) electrons. The van der Waals surface area contributed by atoms with Gasteiger partial charge in [-0.25, -0.2) is 15.0 Å². The first kappa shape index (κ1) is 13.5. The lowest BCUT2D eigenvalue weighted by molar-refractivity contribution is 1.05. The van der Waals surface area contributed by atoms with E-state index in [9.17, 15) is 0 Å². The number of para-hydroxylation sites is 1. The molecule has 0 aliphatic heterocycles. The maximum Gasteiger partial charge on any atom is 0.206 e. The SMILES string of the molecule is C[Si](C)(C)C#Cc1ncc2ncn(-c3ccccc3)c2n1. The molecule has 3 rings (SSSR count). The van der Waals surface area contributed by atoms with E-state index < -0.39 is 8.07 Å². The fourth-order valence-corrected chi connectivity index (χ4v) is 2.38. The minimum atomic E-state index is -1.43. The molecule has 0 fully saturated rings. The summed E-state index contributed by atoms with van der Waals surface area (Å²) in [6.45, 7) is 6.60. The highest BCUT2D eigenvalue weighted by Gasteiger charge is 2.09. The molecule has 0 aliphatic carbocycles. The van der Waals surface area contributed by atoms with E-state index in [0.29, 0.717) is 5.82 Å². The Hall–Kier alpha value is -2.45. The van der Waals surface area contributed by atoms with Crippen molar-refractivity contribution < 1.29 is 0 Å². The largest absolute Gasteiger partial charge is 0.283 e. The van der Waals surface area contributed by atoms with Crippen LogP contribution in [-0.2, 0) is 0 Å². The average molecular weight is 292 g/mol. The Morgan fingerprint density at radius 2 is 1.81 bits per heavy atom. The van der Waals surface area contributed by atoms with E-state index in [0.717, 1.165) is 16.9 Å². The van der Waals surface area contributed by atoms with Gasteiger partial charge in [0.1, 0.15) is 19.9 Å². The normalized spacial score (nSPS) is 11.2. The Morgan fingerprint density at radius 1 is 1.05 bits per heavy atom. The van der Waals surface area contributed by atoms with Crippen molar-refractivity contribution in [3.8, 4) is 17.2 Å². The first-order valence-electron chi connectivity index (χ1n) is 6.82. The molecule has 21 heavy (non-hydrogen) atoms. The smallest absolute Gasteiger partial charge is 0.206 e. The second-order valence-corrected chi connectivity index (χ2v) is 10.6. The maximum atomic E-state index is 4.55. The summed E-state index contributed by atoms with van der Waals surface area (Å²) < 4.78 is 1.96. The standard InChI is InChI=1S/C16H16N4Si/c1-21(2,3)10-9-15-17-11-14-16(19-15)20(12-18-14)13-7-5-4-6-8-13/h4-8,11-12H,1-3H3. The second kappa shape index (κ2) is 5.15. The molecule has 2 heterocycles. The minimum absolute atomic E-state index is 0.558. The summed E-state index contributed by atoms with van der Waals surface area (Å²) in [6, 6.07) is 10.0. The van der Waals surface area contributed by atoms with Crippen LogP contribution in [0.3, 0.4) is 0 Å². The van der Waals surface area contributed by atoms with Crippen LogP contribution in [0.4, 0.5) is 0 Å². The number of rotatable bonds is 1. The van der Waals surface area contributed by atoms with Crippen LogP contribution in [0, 0.1) is 11.5 Å². The number of hydrogen-bond donors (Lipinski definition) is 0. The van der Waals surface area contributed by atoms with Crippen molar-refractivity contribution >= 4 is 19.2 Å². The molecule has 0 saturated carbocycles. The van der Waals surface area contributed by atoms with Crippen molar-refractivity contribution in [1.29, 1.82) is 0 Å². The Bertz CT molecular complexity index is 835. The third kappa shape index (κ3) is 3.01. The molecule has 2 aromatic heterocycles. The Balaban J connectivity index is 2.10. The zero-order valence-corrected chi connectivity index (χ0v) is 13.3. The summed E-state index contributed by atoms with van der Waals surface area (Å²) >= 11 is 0. The number of fused-ring (bicyclic) bond motifs is 1. The van der Waals surface area contributed by atoms with Gasteiger partial charge in [0.2, 0.25) is 5.82 Å². The van der Waals surface area contributed by atoms with Crippen LogP contribution in [0.1, 0.15) is 5.82 Å². The summed E-state index contributed by atoms with van der Waals surface area (Å²) in [5.41, 5.74) is 5.88. The number of imidazole rings is 1. The van der Waals surface area contributed by atoms with Crippen molar-refractivity contribution in [3.63, 3.8) is 0 Å². The van der Waals surface area contributed by atoms with Gasteiger partial charge in [-0.1, -0.05) is 37.8 Å². The molecule has 0 atom stereocenters. The van der Waals surface area contributed by atoms with Crippen LogP contribution in [0.2, 0.25) is 19.6 Å². The topological polar surface area (TPSA) is 43.6 Å². The zero-order chi connectivity index (χ0) is 14.9. The van der Waals surface area contributed by atoms with Crippen molar-refractivity contribution in [1.82, 2.24) is 19.5 Å². The monoisotopic (exact) mass is 292 g/mol. The van der Waals surface area contributed by atoms with Gasteiger partial charge in [0.25, 0.3) is 0 Å². The quantitative estimate of drug-likeness (QED) is 0.511. The van der Waals surface area contributed by atoms with Crippen molar-refractivity contribution in [2.45, 2.75) is 19.6 Å². The predicted molar refractivity (Wildman–Crippen MR) is 86.9 cm³/mol. The van der Waals surface area contributed by atoms with E-state index in [1.165, 1.54) is 0 Å². The Morgan fingerprint density at radius 3 is 2.52 bits per heavy atom. The van der Waals surface area contributed by atoms with Gasteiger partial charge in [0.05, 0.1) is 6.20 Å². The maximum absolute atomic E-state index is 4.55. The Labute approximate surface area is 124 Å². The van der Waals surface area contributed by atoms with Crippen LogP contribution >= 0.6 is 0 Å². The number of benzene rings is 1. The summed E-state index contributed by atoms with van der Waals surface area (Å²) in [5.74, 6) is 3.65. The zero-order valence-electron chi connectivity index (χ0n) is 12.3. The van der Waals surface area contributed by atoms with Crippen LogP contribution in [0.25, 0.3) is 16.9 Å². The van der Waals surface area contributed by atoms with Crippen LogP contribution < -0.4 is 0 Å². The minimum Gasteiger partial charge on any atom is -0.283 e. The molecule has 0 spiro atoms. The van der Waals surface area contributed by atoms with E-state index in [4.69, 9.17) is 0 Å². The van der Waals surface area contributed by atoms with Gasteiger partial charge in [-0.05, 0) is 18.1 Å². The summed E-state index contributed by atoms with van der Waals surface area (Å²) in [6.07, 6.45) is 3.50. The highest BCUT2D eigenvalue weighted by Crippen LogP contribution is 2.15. The molecule has 0 unspecified atom stereocenters. The second-order valence-electron chi connectivity index (χ2n) is 5.85. The molecule has 0 bridgehead atoms. The molecule has 104 valence electrons. The molecule has 4 nitrogen and oxygen atoms in total. The van der Waals surface area contributed by atoms with Gasteiger partial charge < -0.3 is 0 Å². The highest BCUT2D eigenvalue weighted by molar-refractivity contribution is 6.83. The van der Waals surface area contributed by atoms with E-state index in [-0.39, 0.29) is 0 Å². The van der Waals surface area contributed by atoms with Gasteiger partial charge in [-0.2, -0.15) is 0 Å². The first-order valence-corrected chi connectivity index (χ1v) is 10.3. The lowest BCUT2D eigenvalue weighted by Crippen LogP contribution is -2.16. The lowest BCUT2D eigenvalue weighted by atomic mass is 10.3. The van der Waals surface area contributed by atoms with Crippen LogP contribution in [0.15, 0.2) is 42.9 Å². The number of nitrogens with zero attached hydrogens (tertiary/aromatic N) is 4. The van der Waals surface area contributed by atoms with Gasteiger partial charge in [-0.15, -0.1) is 5.54 Å². The van der Waals surface area contributed by atoms with Crippen LogP contribution in [0.5, 0.6) is 0 Å². The van der Waals surface area contributed by atoms with Crippen LogP contribution in [-0.4, -0.2) is 27.6 Å². The molecular formula is C16H16N4Si. The number of hydrogen-bond acceptors (Lipinski definition) is 3. The van der Waals surface area contributed by atoms with Gasteiger partial charge in [-0.3, -0.25) is 4.57 Å². The lowest BCUT2D eigenvalue weighted by Gasteiger charge is -2.04. The fraction of sp³-hybridized carbons (Fsp3) is 0.188. The van der Waals surface area contributed by atoms with Crippen molar-refractivity contribution in [3.05, 3.63) is 48.7 Å². The van der Waals surface area contributed by atoms with E-state index >= 15 is 0 Å². The molecule has 1 aromatic carbocycles. The molecule has 0 aliphatic rings. The van der Waals surface area contributed by atoms with Crippen molar-refractivity contribution in [2.75, 3.05) is 0 Å². The average Bonchev–Trinajstić information content (AvgIpc) is 2.88. The first-order chi connectivity index (χ1) is 10.0. The summed E-state index contributed by atoms with van der Waals surface area (Å²) in [4.78, 5) is 13.2. The molecule has 5 heteroatoms. The van der Waals surface area contributed by atoms with E-state index in [1.807, 2.05) is 34.9 Å². The van der Waals surface area contributed by atoms with Crippen molar-refractivity contribution in [2.24, 2.45) is 0 Å². The van der Waals surface area contributed by atoms with E-state index in [2.05, 4.69) is 46.1 Å². The third-order valence-corrected chi connectivity index (χ3v) is 3.75. The summed E-state index contributed by atoms with van der Waals surface area (Å²) in [7, 11) is -1.43. The third-order valence-electron chi connectivity index (χ3n) is 2.87. The van der Waals surface area contributed by atoms with Gasteiger partial charge in [0, 0.05) is 5.69 Å². The molecule has 3 aromatic rings. The molecular weight excluding hydrogens is 276 g/mol. The Kier molecular flexibility index (Phi) is 3.32. The molecule has 0 amide bonds. The summed E-state index contributed by atoms with van der Waals surface area (Å²) in [5, 5.41) is 0.